The predicted molar refractivity (Wildman–Crippen MR) is 81.9 cm³/mol. The largest absolute Gasteiger partial charge is 0.472 e. The highest BCUT2D eigenvalue weighted by Crippen LogP contribution is 2.42. The van der Waals surface area contributed by atoms with E-state index in [2.05, 4.69) is 10.4 Å². The zero-order valence-corrected chi connectivity index (χ0v) is 15.1. The summed E-state index contributed by atoms with van der Waals surface area (Å²) in [7, 11) is -5.08. The lowest BCUT2D eigenvalue weighted by Crippen LogP contribution is -2.61. The van der Waals surface area contributed by atoms with Gasteiger partial charge in [-0.3, -0.25) is 18.9 Å². The number of hydrogen-bond donors (Lipinski definition) is 2. The van der Waals surface area contributed by atoms with E-state index in [0.29, 0.717) is 0 Å². The zero-order valence-electron chi connectivity index (χ0n) is 14.2. The van der Waals surface area contributed by atoms with Crippen molar-refractivity contribution in [3.05, 3.63) is 0 Å². The average Bonchev–Trinajstić information content (AvgIpc) is 2.44. The van der Waals surface area contributed by atoms with Crippen LogP contribution in [-0.2, 0) is 42.4 Å². The molecule has 1 heterocycles. The van der Waals surface area contributed by atoms with Gasteiger partial charge in [-0.2, -0.15) is 0 Å². The van der Waals surface area contributed by atoms with Gasteiger partial charge in [0.2, 0.25) is 6.29 Å². The van der Waals surface area contributed by atoms with E-state index < -0.39 is 56.4 Å². The summed E-state index contributed by atoms with van der Waals surface area (Å²) in [6, 6.07) is 0. The van der Waals surface area contributed by atoms with Crippen LogP contribution in [0.2, 0.25) is 0 Å². The molecular formula is C14H19O11P. The monoisotopic (exact) mass is 394 g/mol. The number of ether oxygens (including phenoxy) is 4. The predicted octanol–water partition coefficient (Wildman–Crippen LogP) is -0.361. The van der Waals surface area contributed by atoms with Crippen molar-refractivity contribution in [3.63, 3.8) is 0 Å². The number of phosphoric ester groups is 1. The molecule has 0 saturated carbocycles. The Kier molecular flexibility index (Phi) is 7.74. The van der Waals surface area contributed by atoms with Crippen LogP contribution >= 0.6 is 7.82 Å². The summed E-state index contributed by atoms with van der Waals surface area (Å²) in [5, 5.41) is 0. The van der Waals surface area contributed by atoms with Crippen molar-refractivity contribution in [2.75, 3.05) is 0 Å². The molecule has 0 amide bonds. The van der Waals surface area contributed by atoms with E-state index in [1.165, 1.54) is 0 Å². The van der Waals surface area contributed by atoms with Crippen LogP contribution in [-0.4, -0.2) is 58.4 Å². The van der Waals surface area contributed by atoms with Gasteiger partial charge in [0, 0.05) is 27.2 Å². The lowest BCUT2D eigenvalue weighted by atomic mass is 9.96. The Morgan fingerprint density at radius 1 is 1.00 bits per heavy atom. The van der Waals surface area contributed by atoms with Crippen molar-refractivity contribution in [2.24, 2.45) is 0 Å². The van der Waals surface area contributed by atoms with Gasteiger partial charge in [0.1, 0.15) is 6.10 Å². The standard InChI is InChI=1S/C14H19O11P/c1-5-6-10-11(21-7(2)15)12(22-8(3)16)13(23-9(4)17)14(24-10)25-26(18,19)20/h1,10-14H,6H2,2-4H3,(H2,18,19,20)/t10?,11-,12?,13?,14+/m0/s1. The van der Waals surface area contributed by atoms with E-state index in [-0.39, 0.29) is 6.42 Å². The molecule has 1 fully saturated rings. The van der Waals surface area contributed by atoms with Gasteiger partial charge in [0.05, 0.1) is 0 Å². The maximum Gasteiger partial charge on any atom is 0.472 e. The second-order valence-corrected chi connectivity index (χ2v) is 6.46. The fourth-order valence-corrected chi connectivity index (χ4v) is 2.80. The van der Waals surface area contributed by atoms with E-state index in [1.807, 2.05) is 0 Å². The number of hydrogen-bond acceptors (Lipinski definition) is 9. The molecule has 1 aliphatic rings. The van der Waals surface area contributed by atoms with Gasteiger partial charge >= 0.3 is 25.7 Å². The summed E-state index contributed by atoms with van der Waals surface area (Å²) in [6.45, 7) is 3.13. The summed E-state index contributed by atoms with van der Waals surface area (Å²) >= 11 is 0. The quantitative estimate of drug-likeness (QED) is 0.262. The zero-order chi connectivity index (χ0) is 20.1. The molecule has 0 aromatic rings. The molecule has 1 rings (SSSR count). The SMILES string of the molecule is C#CCC1O[C@H](OP(=O)(O)O)C(OC(C)=O)C(OC(C)=O)[C@H]1OC(C)=O. The first-order valence-electron chi connectivity index (χ1n) is 7.29. The second-order valence-electron chi connectivity index (χ2n) is 5.27. The summed E-state index contributed by atoms with van der Waals surface area (Å²) in [5.74, 6) is -0.245. The normalized spacial score (nSPS) is 28.5. The minimum Gasteiger partial charge on any atom is -0.456 e. The van der Waals surface area contributed by atoms with Crippen LogP contribution in [0.4, 0.5) is 0 Å². The molecule has 11 nitrogen and oxygen atoms in total. The molecule has 0 aliphatic carbocycles. The molecule has 146 valence electrons. The minimum absolute atomic E-state index is 0.177. The fourth-order valence-electron chi connectivity index (χ4n) is 2.36. The van der Waals surface area contributed by atoms with Crippen LogP contribution in [0.25, 0.3) is 0 Å². The Morgan fingerprint density at radius 2 is 1.46 bits per heavy atom. The Hall–Kier alpha value is -1.96. The van der Waals surface area contributed by atoms with Crippen LogP contribution < -0.4 is 0 Å². The first-order chi connectivity index (χ1) is 11.9. The Balaban J connectivity index is 3.34. The van der Waals surface area contributed by atoms with Gasteiger partial charge in [0.25, 0.3) is 0 Å². The van der Waals surface area contributed by atoms with Crippen molar-refractivity contribution in [1.29, 1.82) is 0 Å². The van der Waals surface area contributed by atoms with E-state index >= 15 is 0 Å². The summed E-state index contributed by atoms with van der Waals surface area (Å²) < 4.78 is 36.1. The van der Waals surface area contributed by atoms with Gasteiger partial charge in [0.15, 0.2) is 18.3 Å². The third-order valence-corrected chi connectivity index (χ3v) is 3.54. The van der Waals surface area contributed by atoms with E-state index in [0.717, 1.165) is 20.8 Å². The highest BCUT2D eigenvalue weighted by atomic mass is 31.2. The van der Waals surface area contributed by atoms with Crippen molar-refractivity contribution in [1.82, 2.24) is 0 Å². The molecule has 5 atom stereocenters. The van der Waals surface area contributed by atoms with Gasteiger partial charge in [-0.25, -0.2) is 4.57 Å². The van der Waals surface area contributed by atoms with Crippen LogP contribution in [0.1, 0.15) is 27.2 Å². The van der Waals surface area contributed by atoms with Gasteiger partial charge in [-0.15, -0.1) is 12.3 Å². The van der Waals surface area contributed by atoms with Crippen LogP contribution in [0, 0.1) is 12.3 Å². The molecule has 0 bridgehead atoms. The van der Waals surface area contributed by atoms with Gasteiger partial charge < -0.3 is 28.7 Å². The van der Waals surface area contributed by atoms with Crippen molar-refractivity contribution >= 4 is 25.7 Å². The van der Waals surface area contributed by atoms with Gasteiger partial charge in [-0.1, -0.05) is 0 Å². The molecule has 0 radical (unpaired) electrons. The molecule has 0 aromatic carbocycles. The summed E-state index contributed by atoms with van der Waals surface area (Å²) in [5.41, 5.74) is 0. The van der Waals surface area contributed by atoms with E-state index in [9.17, 15) is 18.9 Å². The topological polar surface area (TPSA) is 155 Å². The first-order valence-corrected chi connectivity index (χ1v) is 8.82. The molecule has 12 heteroatoms. The van der Waals surface area contributed by atoms with Crippen LogP contribution in [0.3, 0.4) is 0 Å². The summed E-state index contributed by atoms with van der Waals surface area (Å²) in [6.07, 6.45) is -2.30. The van der Waals surface area contributed by atoms with Crippen molar-refractivity contribution in [2.45, 2.75) is 57.9 Å². The maximum atomic E-state index is 11.5. The lowest BCUT2D eigenvalue weighted by molar-refractivity contribution is -0.285. The van der Waals surface area contributed by atoms with Crippen LogP contribution in [0.15, 0.2) is 0 Å². The molecule has 26 heavy (non-hydrogen) atoms. The van der Waals surface area contributed by atoms with E-state index in [4.69, 9.17) is 35.2 Å². The number of carbonyl (C=O) groups excluding carboxylic acids is 3. The number of terminal acetylenes is 1. The Bertz CT molecular complexity index is 633. The molecular weight excluding hydrogens is 375 g/mol. The molecule has 1 aliphatic heterocycles. The van der Waals surface area contributed by atoms with Crippen LogP contribution in [0.5, 0.6) is 0 Å². The van der Waals surface area contributed by atoms with Gasteiger partial charge in [-0.05, 0) is 0 Å². The third kappa shape index (κ3) is 6.74. The lowest BCUT2D eigenvalue weighted by Gasteiger charge is -2.43. The summed E-state index contributed by atoms with van der Waals surface area (Å²) in [4.78, 5) is 52.3. The number of phosphoric acid groups is 1. The minimum atomic E-state index is -5.08. The van der Waals surface area contributed by atoms with E-state index in [1.54, 1.807) is 0 Å². The molecule has 2 N–H and O–H groups in total. The number of esters is 3. The second kappa shape index (κ2) is 9.12. The molecule has 0 aromatic heterocycles. The number of rotatable bonds is 6. The highest BCUT2D eigenvalue weighted by Gasteiger charge is 2.53. The highest BCUT2D eigenvalue weighted by molar-refractivity contribution is 7.46. The molecule has 3 unspecified atom stereocenters. The van der Waals surface area contributed by atoms with Crippen molar-refractivity contribution in [3.8, 4) is 12.3 Å². The number of carbonyl (C=O) groups is 3. The fraction of sp³-hybridized carbons (Fsp3) is 0.643. The maximum absolute atomic E-state index is 11.5. The first kappa shape index (κ1) is 22.1. The van der Waals surface area contributed by atoms with Crippen molar-refractivity contribution < 1.29 is 52.2 Å². The third-order valence-electron chi connectivity index (χ3n) is 3.06. The Morgan fingerprint density at radius 3 is 1.88 bits per heavy atom. The Labute approximate surface area is 149 Å². The smallest absolute Gasteiger partial charge is 0.456 e. The molecule has 0 spiro atoms. The average molecular weight is 394 g/mol. The molecule has 1 saturated heterocycles.